The van der Waals surface area contributed by atoms with Crippen LogP contribution in [-0.4, -0.2) is 18.7 Å². The zero-order chi connectivity index (χ0) is 13.7. The van der Waals surface area contributed by atoms with E-state index in [1.165, 1.54) is 57.0 Å². The van der Waals surface area contributed by atoms with Crippen LogP contribution in [0.1, 0.15) is 48.2 Å². The minimum atomic E-state index is -0.278. The Morgan fingerprint density at radius 2 is 1.80 bits per heavy atom. The van der Waals surface area contributed by atoms with Crippen LogP contribution in [-0.2, 0) is 4.74 Å². The minimum Gasteiger partial charge on any atom is -0.485 e. The van der Waals surface area contributed by atoms with Crippen LogP contribution in [0.2, 0.25) is 0 Å². The molecule has 4 aliphatic carbocycles. The molecule has 3 nitrogen and oxygen atoms in total. The minimum absolute atomic E-state index is 0.00139. The van der Waals surface area contributed by atoms with Crippen molar-refractivity contribution in [3.63, 3.8) is 0 Å². The molecule has 5 rings (SSSR count). The van der Waals surface area contributed by atoms with E-state index in [4.69, 9.17) is 9.47 Å². The molecule has 4 aliphatic rings. The highest BCUT2D eigenvalue weighted by molar-refractivity contribution is 7.12. The van der Waals surface area contributed by atoms with E-state index < -0.39 is 0 Å². The molecule has 4 fully saturated rings. The molecule has 4 heteroatoms. The van der Waals surface area contributed by atoms with Gasteiger partial charge in [0.05, 0.1) is 7.11 Å². The van der Waals surface area contributed by atoms with Gasteiger partial charge in [-0.25, -0.2) is 4.79 Å². The second-order valence-electron chi connectivity index (χ2n) is 6.81. The SMILES string of the molecule is COC(=O)c1sccc1OC12CC3CC(CC(C3)C1)C2. The Labute approximate surface area is 123 Å². The first-order chi connectivity index (χ1) is 9.67. The van der Waals surface area contributed by atoms with Gasteiger partial charge in [0.1, 0.15) is 11.4 Å². The van der Waals surface area contributed by atoms with Crippen molar-refractivity contribution < 1.29 is 14.3 Å². The van der Waals surface area contributed by atoms with Gasteiger partial charge in [-0.05, 0) is 67.7 Å². The Kier molecular flexibility index (Phi) is 2.85. The van der Waals surface area contributed by atoms with Gasteiger partial charge < -0.3 is 9.47 Å². The van der Waals surface area contributed by atoms with Gasteiger partial charge in [0, 0.05) is 0 Å². The molecule has 4 saturated carbocycles. The van der Waals surface area contributed by atoms with Gasteiger partial charge in [0.25, 0.3) is 0 Å². The van der Waals surface area contributed by atoms with E-state index in [-0.39, 0.29) is 11.6 Å². The van der Waals surface area contributed by atoms with E-state index in [1.807, 2.05) is 11.4 Å². The average Bonchev–Trinajstić information content (AvgIpc) is 2.83. The maximum atomic E-state index is 11.8. The van der Waals surface area contributed by atoms with Gasteiger partial charge in [0.15, 0.2) is 4.88 Å². The molecule has 1 aromatic rings. The molecule has 1 aromatic heterocycles. The van der Waals surface area contributed by atoms with E-state index in [0.717, 1.165) is 23.5 Å². The summed E-state index contributed by atoms with van der Waals surface area (Å²) in [6, 6.07) is 1.93. The molecule has 0 unspecified atom stereocenters. The summed E-state index contributed by atoms with van der Waals surface area (Å²) in [5.74, 6) is 3.01. The predicted octanol–water partition coefficient (Wildman–Crippen LogP) is 3.88. The number of methoxy groups -OCH3 is 1. The van der Waals surface area contributed by atoms with Gasteiger partial charge >= 0.3 is 5.97 Å². The number of hydrogen-bond acceptors (Lipinski definition) is 4. The van der Waals surface area contributed by atoms with Crippen LogP contribution in [0.25, 0.3) is 0 Å². The van der Waals surface area contributed by atoms with Gasteiger partial charge in [-0.1, -0.05) is 0 Å². The molecule has 0 N–H and O–H groups in total. The molecular weight excluding hydrogens is 272 g/mol. The summed E-state index contributed by atoms with van der Waals surface area (Å²) in [7, 11) is 1.43. The smallest absolute Gasteiger partial charge is 0.351 e. The molecule has 0 spiro atoms. The fourth-order valence-corrected chi connectivity index (χ4v) is 5.74. The van der Waals surface area contributed by atoms with Gasteiger partial charge in [-0.15, -0.1) is 11.3 Å². The first-order valence-corrected chi connectivity index (χ1v) is 8.40. The van der Waals surface area contributed by atoms with E-state index >= 15 is 0 Å². The first kappa shape index (κ1) is 12.7. The lowest BCUT2D eigenvalue weighted by Gasteiger charge is -2.56. The molecule has 20 heavy (non-hydrogen) atoms. The number of rotatable bonds is 3. The predicted molar refractivity (Wildman–Crippen MR) is 77.2 cm³/mol. The van der Waals surface area contributed by atoms with E-state index in [9.17, 15) is 4.79 Å². The highest BCUT2D eigenvalue weighted by atomic mass is 32.1. The van der Waals surface area contributed by atoms with Gasteiger partial charge in [-0.2, -0.15) is 0 Å². The Morgan fingerprint density at radius 3 is 2.35 bits per heavy atom. The number of carbonyl (C=O) groups excluding carboxylic acids is 1. The third-order valence-corrected chi connectivity index (χ3v) is 6.18. The lowest BCUT2D eigenvalue weighted by atomic mass is 9.54. The Balaban J connectivity index is 1.60. The standard InChI is InChI=1S/C16H20O3S/c1-18-15(17)14-13(2-3-20-14)19-16-7-10-4-11(8-16)6-12(5-10)9-16/h2-3,10-12H,4-9H2,1H3. The second-order valence-corrected chi connectivity index (χ2v) is 7.72. The fourth-order valence-electron chi connectivity index (χ4n) is 5.01. The molecule has 0 saturated heterocycles. The summed E-state index contributed by atoms with van der Waals surface area (Å²) in [4.78, 5) is 12.4. The molecule has 108 valence electrons. The summed E-state index contributed by atoms with van der Waals surface area (Å²) in [5, 5.41) is 1.92. The number of hydrogen-bond donors (Lipinski definition) is 0. The molecule has 4 bridgehead atoms. The third-order valence-electron chi connectivity index (χ3n) is 5.31. The Morgan fingerprint density at radius 1 is 1.20 bits per heavy atom. The summed E-state index contributed by atoms with van der Waals surface area (Å²) in [5.41, 5.74) is -0.00139. The van der Waals surface area contributed by atoms with E-state index in [1.54, 1.807) is 0 Å². The van der Waals surface area contributed by atoms with Crippen LogP contribution in [0, 0.1) is 17.8 Å². The number of ether oxygens (including phenoxy) is 2. The van der Waals surface area contributed by atoms with Crippen LogP contribution >= 0.6 is 11.3 Å². The number of carbonyl (C=O) groups is 1. The normalized spacial score (nSPS) is 38.0. The molecule has 0 aliphatic heterocycles. The maximum absolute atomic E-state index is 11.8. The quantitative estimate of drug-likeness (QED) is 0.793. The summed E-state index contributed by atoms with van der Waals surface area (Å²) in [6.07, 6.45) is 7.72. The van der Waals surface area contributed by atoms with Gasteiger partial charge in [-0.3, -0.25) is 0 Å². The maximum Gasteiger partial charge on any atom is 0.351 e. The zero-order valence-electron chi connectivity index (χ0n) is 11.8. The molecular formula is C16H20O3S. The summed E-state index contributed by atoms with van der Waals surface area (Å²) >= 11 is 1.41. The molecule has 0 atom stereocenters. The monoisotopic (exact) mass is 292 g/mol. The molecule has 1 heterocycles. The van der Waals surface area contributed by atoms with Crippen molar-refractivity contribution in [3.8, 4) is 5.75 Å². The van der Waals surface area contributed by atoms with Crippen molar-refractivity contribution in [2.24, 2.45) is 17.8 Å². The average molecular weight is 292 g/mol. The van der Waals surface area contributed by atoms with Crippen molar-refractivity contribution in [2.75, 3.05) is 7.11 Å². The lowest BCUT2D eigenvalue weighted by Crippen LogP contribution is -2.53. The van der Waals surface area contributed by atoms with Crippen LogP contribution in [0.4, 0.5) is 0 Å². The van der Waals surface area contributed by atoms with Gasteiger partial charge in [0.2, 0.25) is 0 Å². The third kappa shape index (κ3) is 1.96. The zero-order valence-corrected chi connectivity index (χ0v) is 12.6. The Hall–Kier alpha value is -1.03. The van der Waals surface area contributed by atoms with Crippen LogP contribution < -0.4 is 4.74 Å². The second kappa shape index (κ2) is 4.48. The summed E-state index contributed by atoms with van der Waals surface area (Å²) < 4.78 is 11.3. The largest absolute Gasteiger partial charge is 0.485 e. The Bertz CT molecular complexity index is 498. The van der Waals surface area contributed by atoms with Crippen molar-refractivity contribution in [1.82, 2.24) is 0 Å². The number of thiophene rings is 1. The first-order valence-electron chi connectivity index (χ1n) is 7.52. The highest BCUT2D eigenvalue weighted by Crippen LogP contribution is 2.57. The fraction of sp³-hybridized carbons (Fsp3) is 0.688. The molecule has 0 radical (unpaired) electrons. The number of esters is 1. The van der Waals surface area contributed by atoms with E-state index in [2.05, 4.69) is 0 Å². The lowest BCUT2D eigenvalue weighted by molar-refractivity contribution is -0.107. The van der Waals surface area contributed by atoms with E-state index in [0.29, 0.717) is 4.88 Å². The van der Waals surface area contributed by atoms with Crippen molar-refractivity contribution >= 4 is 17.3 Å². The van der Waals surface area contributed by atoms with Crippen LogP contribution in [0.5, 0.6) is 5.75 Å². The van der Waals surface area contributed by atoms with Crippen LogP contribution in [0.3, 0.4) is 0 Å². The molecule has 0 amide bonds. The van der Waals surface area contributed by atoms with Crippen molar-refractivity contribution in [1.29, 1.82) is 0 Å². The van der Waals surface area contributed by atoms with Crippen molar-refractivity contribution in [3.05, 3.63) is 16.3 Å². The topological polar surface area (TPSA) is 35.5 Å². The highest BCUT2D eigenvalue weighted by Gasteiger charge is 2.52. The van der Waals surface area contributed by atoms with Crippen molar-refractivity contribution in [2.45, 2.75) is 44.1 Å². The summed E-state index contributed by atoms with van der Waals surface area (Å²) in [6.45, 7) is 0. The van der Waals surface area contributed by atoms with Crippen LogP contribution in [0.15, 0.2) is 11.4 Å². The molecule has 0 aromatic carbocycles.